The first-order valence-corrected chi connectivity index (χ1v) is 7.60. The molecule has 0 saturated carbocycles. The summed E-state index contributed by atoms with van der Waals surface area (Å²) in [6.45, 7) is 5.39. The van der Waals surface area contributed by atoms with Crippen LogP contribution in [0, 0.1) is 6.92 Å². The zero-order chi connectivity index (χ0) is 14.8. The molecule has 1 saturated heterocycles. The van der Waals surface area contributed by atoms with Crippen molar-refractivity contribution in [2.24, 2.45) is 7.05 Å². The minimum absolute atomic E-state index is 0.135. The molecular formula is C16H20ClN3O. The van der Waals surface area contributed by atoms with Crippen molar-refractivity contribution in [2.75, 3.05) is 19.7 Å². The molecular weight excluding hydrogens is 286 g/mol. The summed E-state index contributed by atoms with van der Waals surface area (Å²) >= 11 is 6.33. The van der Waals surface area contributed by atoms with Crippen LogP contribution in [-0.4, -0.2) is 34.4 Å². The quantitative estimate of drug-likeness (QED) is 0.873. The first-order valence-electron chi connectivity index (χ1n) is 7.22. The van der Waals surface area contributed by atoms with Crippen molar-refractivity contribution in [3.8, 4) is 0 Å². The van der Waals surface area contributed by atoms with Crippen LogP contribution in [0.25, 0.3) is 0 Å². The molecule has 0 spiro atoms. The van der Waals surface area contributed by atoms with Crippen molar-refractivity contribution in [2.45, 2.75) is 19.6 Å². The second-order valence-corrected chi connectivity index (χ2v) is 5.84. The molecule has 2 heterocycles. The maximum Gasteiger partial charge on any atom is 0.131 e. The number of morpholine rings is 1. The molecule has 1 aromatic heterocycles. The summed E-state index contributed by atoms with van der Waals surface area (Å²) in [5.74, 6) is 0. The van der Waals surface area contributed by atoms with E-state index >= 15 is 0 Å². The average Bonchev–Trinajstić information content (AvgIpc) is 2.75. The van der Waals surface area contributed by atoms with Gasteiger partial charge in [-0.25, -0.2) is 0 Å². The molecule has 4 nitrogen and oxygen atoms in total. The molecule has 5 heteroatoms. The first-order chi connectivity index (χ1) is 10.1. The minimum atomic E-state index is 0.135. The van der Waals surface area contributed by atoms with Gasteiger partial charge in [-0.05, 0) is 12.5 Å². The van der Waals surface area contributed by atoms with Crippen LogP contribution in [-0.2, 0) is 18.3 Å². The molecule has 0 N–H and O–H groups in total. The van der Waals surface area contributed by atoms with E-state index in [2.05, 4.69) is 34.3 Å². The number of aryl methyl sites for hydroxylation is 2. The van der Waals surface area contributed by atoms with Crippen LogP contribution in [0.15, 0.2) is 30.3 Å². The Labute approximate surface area is 130 Å². The van der Waals surface area contributed by atoms with Crippen molar-refractivity contribution in [3.05, 3.63) is 52.3 Å². The number of hydrogen-bond acceptors (Lipinski definition) is 3. The Hall–Kier alpha value is -1.36. The van der Waals surface area contributed by atoms with Gasteiger partial charge >= 0.3 is 0 Å². The highest BCUT2D eigenvalue weighted by Gasteiger charge is 2.23. The van der Waals surface area contributed by atoms with Crippen molar-refractivity contribution in [1.82, 2.24) is 14.7 Å². The van der Waals surface area contributed by atoms with Gasteiger partial charge in [-0.1, -0.05) is 41.9 Å². The molecule has 3 rings (SSSR count). The van der Waals surface area contributed by atoms with Crippen LogP contribution >= 0.6 is 11.6 Å². The highest BCUT2D eigenvalue weighted by Crippen LogP contribution is 2.26. The van der Waals surface area contributed by atoms with E-state index in [4.69, 9.17) is 16.3 Å². The zero-order valence-electron chi connectivity index (χ0n) is 12.4. The van der Waals surface area contributed by atoms with Crippen LogP contribution in [0.5, 0.6) is 0 Å². The molecule has 112 valence electrons. The summed E-state index contributed by atoms with van der Waals surface area (Å²) in [6, 6.07) is 10.4. The Bertz CT molecular complexity index is 611. The van der Waals surface area contributed by atoms with Gasteiger partial charge in [0, 0.05) is 32.2 Å². The molecule has 0 bridgehead atoms. The molecule has 21 heavy (non-hydrogen) atoms. The number of benzene rings is 1. The van der Waals surface area contributed by atoms with Gasteiger partial charge in [-0.15, -0.1) is 0 Å². The number of hydrogen-bond donors (Lipinski definition) is 0. The SMILES string of the molecule is Cc1nn(C)c(Cl)c1CN1CCO[C@H](c2ccccc2)C1. The maximum absolute atomic E-state index is 6.33. The van der Waals surface area contributed by atoms with Gasteiger partial charge in [-0.2, -0.15) is 5.10 Å². The molecule has 0 radical (unpaired) electrons. The fourth-order valence-corrected chi connectivity index (χ4v) is 3.03. The normalized spacial score (nSPS) is 19.9. The fourth-order valence-electron chi connectivity index (χ4n) is 2.79. The fraction of sp³-hybridized carbons (Fsp3) is 0.438. The molecule has 2 aromatic rings. The van der Waals surface area contributed by atoms with Crippen molar-refractivity contribution >= 4 is 11.6 Å². The summed E-state index contributed by atoms with van der Waals surface area (Å²) in [5.41, 5.74) is 3.36. The van der Waals surface area contributed by atoms with E-state index < -0.39 is 0 Å². The van der Waals surface area contributed by atoms with E-state index in [0.29, 0.717) is 0 Å². The molecule has 1 atom stereocenters. The van der Waals surface area contributed by atoms with Gasteiger partial charge in [0.15, 0.2) is 0 Å². The number of aromatic nitrogens is 2. The van der Waals surface area contributed by atoms with Crippen molar-refractivity contribution in [3.63, 3.8) is 0 Å². The lowest BCUT2D eigenvalue weighted by atomic mass is 10.1. The van der Waals surface area contributed by atoms with Crippen LogP contribution in [0.3, 0.4) is 0 Å². The minimum Gasteiger partial charge on any atom is -0.371 e. The van der Waals surface area contributed by atoms with Gasteiger partial charge in [-0.3, -0.25) is 9.58 Å². The zero-order valence-corrected chi connectivity index (χ0v) is 13.2. The summed E-state index contributed by atoms with van der Waals surface area (Å²) in [6.07, 6.45) is 0.135. The van der Waals surface area contributed by atoms with Crippen LogP contribution < -0.4 is 0 Å². The van der Waals surface area contributed by atoms with E-state index in [0.717, 1.165) is 42.7 Å². The number of ether oxygens (including phenoxy) is 1. The summed E-state index contributed by atoms with van der Waals surface area (Å²) in [4.78, 5) is 2.39. The van der Waals surface area contributed by atoms with Crippen LogP contribution in [0.1, 0.15) is 22.9 Å². The highest BCUT2D eigenvalue weighted by atomic mass is 35.5. The first kappa shape index (κ1) is 14.6. The molecule has 1 aliphatic heterocycles. The standard InChI is InChI=1S/C16H20ClN3O/c1-12-14(16(17)19(2)18-12)10-20-8-9-21-15(11-20)13-6-4-3-5-7-13/h3-7,15H,8-11H2,1-2H3/t15-/m0/s1. The van der Waals surface area contributed by atoms with Crippen molar-refractivity contribution < 1.29 is 4.74 Å². The Kier molecular flexibility index (Phi) is 4.29. The Balaban J connectivity index is 1.72. The predicted molar refractivity (Wildman–Crippen MR) is 83.4 cm³/mol. The third-order valence-corrected chi connectivity index (χ3v) is 4.45. The average molecular weight is 306 g/mol. The van der Waals surface area contributed by atoms with Gasteiger partial charge in [0.2, 0.25) is 0 Å². The molecule has 1 fully saturated rings. The Morgan fingerprint density at radius 3 is 2.76 bits per heavy atom. The second-order valence-electron chi connectivity index (χ2n) is 5.48. The van der Waals surface area contributed by atoms with Gasteiger partial charge in [0.25, 0.3) is 0 Å². The third-order valence-electron chi connectivity index (χ3n) is 3.97. The van der Waals surface area contributed by atoms with Gasteiger partial charge < -0.3 is 4.74 Å². The van der Waals surface area contributed by atoms with E-state index in [-0.39, 0.29) is 6.10 Å². The van der Waals surface area contributed by atoms with E-state index in [1.165, 1.54) is 5.56 Å². The van der Waals surface area contributed by atoms with E-state index in [9.17, 15) is 0 Å². The molecule has 0 amide bonds. The van der Waals surface area contributed by atoms with Crippen molar-refractivity contribution in [1.29, 1.82) is 0 Å². The van der Waals surface area contributed by atoms with E-state index in [1.54, 1.807) is 4.68 Å². The van der Waals surface area contributed by atoms with Gasteiger partial charge in [0.1, 0.15) is 5.15 Å². The third kappa shape index (κ3) is 3.12. The van der Waals surface area contributed by atoms with E-state index in [1.807, 2.05) is 20.0 Å². The van der Waals surface area contributed by atoms with Gasteiger partial charge in [0.05, 0.1) is 18.4 Å². The monoisotopic (exact) mass is 305 g/mol. The molecule has 1 aromatic carbocycles. The Morgan fingerprint density at radius 2 is 2.10 bits per heavy atom. The highest BCUT2D eigenvalue weighted by molar-refractivity contribution is 6.30. The maximum atomic E-state index is 6.33. The smallest absolute Gasteiger partial charge is 0.131 e. The predicted octanol–water partition coefficient (Wildman–Crippen LogP) is 2.96. The summed E-state index contributed by atoms with van der Waals surface area (Å²) < 4.78 is 7.64. The number of nitrogens with zero attached hydrogens (tertiary/aromatic N) is 3. The number of rotatable bonds is 3. The topological polar surface area (TPSA) is 30.3 Å². The second kappa shape index (κ2) is 6.18. The summed E-state index contributed by atoms with van der Waals surface area (Å²) in [5, 5.41) is 5.11. The molecule has 0 unspecified atom stereocenters. The lowest BCUT2D eigenvalue weighted by Crippen LogP contribution is -2.37. The lowest BCUT2D eigenvalue weighted by molar-refractivity contribution is -0.0329. The molecule has 0 aliphatic carbocycles. The van der Waals surface area contributed by atoms with Crippen LogP contribution in [0.2, 0.25) is 5.15 Å². The van der Waals surface area contributed by atoms with Crippen LogP contribution in [0.4, 0.5) is 0 Å². The largest absolute Gasteiger partial charge is 0.371 e. The summed E-state index contributed by atoms with van der Waals surface area (Å²) in [7, 11) is 1.88. The Morgan fingerprint density at radius 1 is 1.33 bits per heavy atom. The number of halogens is 1. The lowest BCUT2D eigenvalue weighted by Gasteiger charge is -2.33. The molecule has 1 aliphatic rings.